The maximum absolute atomic E-state index is 13.2. The number of rotatable bonds is 34. The summed E-state index contributed by atoms with van der Waals surface area (Å²) in [5.41, 5.74) is 4.52. The highest BCUT2D eigenvalue weighted by atomic mass is 31.3. The lowest BCUT2D eigenvalue weighted by Gasteiger charge is -2.36. The van der Waals surface area contributed by atoms with Crippen molar-refractivity contribution in [1.82, 2.24) is 55.7 Å². The van der Waals surface area contributed by atoms with E-state index in [4.69, 9.17) is 10.5 Å². The second kappa shape index (κ2) is 33.3. The van der Waals surface area contributed by atoms with Gasteiger partial charge in [0.05, 0.1) is 13.0 Å². The van der Waals surface area contributed by atoms with Gasteiger partial charge in [-0.3, -0.25) is 42.6 Å². The number of amides is 4. The molecule has 0 aliphatic carbocycles. The van der Waals surface area contributed by atoms with E-state index in [0.29, 0.717) is 64.6 Å². The smallest absolute Gasteiger partial charge is 0.490 e. The second-order valence-electron chi connectivity index (χ2n) is 22.1. The fourth-order valence-corrected chi connectivity index (χ4v) is 17.8. The molecule has 4 amide bonds. The third-order valence-corrected chi connectivity index (χ3v) is 23.9. The number of nitrogens with two attached hydrogens (primary N) is 1. The molecular weight excluding hydrogens is 1470 g/mol. The van der Waals surface area contributed by atoms with Crippen LogP contribution in [-0.4, -0.2) is 183 Å². The minimum Gasteiger partial charge on any atom is -0.508 e. The Hall–Kier alpha value is -5.78. The number of phosphoric acid groups is 6. The van der Waals surface area contributed by atoms with Crippen LogP contribution < -0.4 is 47.3 Å². The molecule has 7 rings (SSSR count). The highest BCUT2D eigenvalue weighted by Crippen LogP contribution is 2.75. The van der Waals surface area contributed by atoms with Gasteiger partial charge in [0.15, 0.2) is 23.2 Å². The normalized spacial score (nSPS) is 20.9. The van der Waals surface area contributed by atoms with E-state index in [1.165, 1.54) is 0 Å². The maximum atomic E-state index is 13.2. The highest BCUT2D eigenvalue weighted by Gasteiger charge is 2.50. The summed E-state index contributed by atoms with van der Waals surface area (Å²) in [7, 11) is -37.4. The molecule has 3 saturated heterocycles. The fraction of sp³-hybridized carbons (Fsp3) is 0.689. The summed E-state index contributed by atoms with van der Waals surface area (Å²) >= 11 is 0. The molecule has 53 heteroatoms. The zero-order chi connectivity index (χ0) is 72.2. The first kappa shape index (κ1) is 79.5. The minimum absolute atomic E-state index is 0.000417. The Labute approximate surface area is 549 Å². The van der Waals surface area contributed by atoms with Crippen molar-refractivity contribution in [3.63, 3.8) is 0 Å². The molecule has 6 unspecified atom stereocenters. The predicted octanol–water partition coefficient (Wildman–Crippen LogP) is 3.86. The van der Waals surface area contributed by atoms with Crippen molar-refractivity contribution >= 4 is 106 Å². The highest BCUT2D eigenvalue weighted by molar-refractivity contribution is 7.72. The van der Waals surface area contributed by atoms with Crippen LogP contribution >= 0.6 is 46.9 Å². The van der Waals surface area contributed by atoms with E-state index in [9.17, 15) is 112 Å². The number of imidazole rings is 1. The number of nitrogens with one attached hydrogen (secondary N) is 5. The van der Waals surface area contributed by atoms with E-state index in [1.54, 1.807) is 9.80 Å². The van der Waals surface area contributed by atoms with Gasteiger partial charge in [-0.1, -0.05) is 19.3 Å². The molecule has 0 spiro atoms. The van der Waals surface area contributed by atoms with Crippen LogP contribution in [-0.2, 0) is 81.9 Å². The summed E-state index contributed by atoms with van der Waals surface area (Å²) in [5.74, 6) is -5.86. The third kappa shape index (κ3) is 24.8. The Morgan fingerprint density at radius 1 is 0.602 bits per heavy atom. The molecule has 0 radical (unpaired) electrons. The van der Waals surface area contributed by atoms with Gasteiger partial charge in [0.2, 0.25) is 35.6 Å². The second-order valence-corrected chi connectivity index (χ2v) is 31.5. The van der Waals surface area contributed by atoms with Crippen molar-refractivity contribution in [3.05, 3.63) is 28.2 Å². The Bertz CT molecular complexity index is 3680. The molecule has 98 heavy (non-hydrogen) atoms. The predicted molar refractivity (Wildman–Crippen MR) is 320 cm³/mol. The van der Waals surface area contributed by atoms with Crippen LogP contribution in [0.15, 0.2) is 22.6 Å². The number of fused-ring (bicyclic) bond motifs is 1. The van der Waals surface area contributed by atoms with E-state index in [2.05, 4.69) is 71.1 Å². The molecule has 552 valence electrons. The number of unbranched alkanes of at least 4 members (excludes halogenated alkanes) is 5. The van der Waals surface area contributed by atoms with Crippen LogP contribution in [0, 0.1) is 5.92 Å². The molecule has 3 aromatic rings. The van der Waals surface area contributed by atoms with Crippen molar-refractivity contribution in [2.75, 3.05) is 86.0 Å². The Balaban J connectivity index is 0.729. The van der Waals surface area contributed by atoms with Gasteiger partial charge in [-0.25, -0.2) is 32.4 Å². The molecule has 41 nitrogen and oxygen atoms in total. The number of aromatic nitrogens is 7. The molecule has 0 saturated carbocycles. The number of aliphatic hydroxyl groups excluding tert-OH is 1. The third-order valence-electron chi connectivity index (χ3n) is 14.6. The van der Waals surface area contributed by atoms with Gasteiger partial charge in [0, 0.05) is 76.8 Å². The first-order valence-corrected chi connectivity index (χ1v) is 38.5. The van der Waals surface area contributed by atoms with E-state index >= 15 is 0 Å². The maximum Gasteiger partial charge on any atom is 0.490 e. The number of aliphatic hydroxyl groups is 1. The lowest BCUT2D eigenvalue weighted by molar-refractivity contribution is -0.174. The van der Waals surface area contributed by atoms with Crippen LogP contribution in [0.2, 0.25) is 0 Å². The van der Waals surface area contributed by atoms with Crippen LogP contribution in [0.1, 0.15) is 103 Å². The summed E-state index contributed by atoms with van der Waals surface area (Å²) in [5, 5.41) is 19.9. The molecule has 3 aromatic heterocycles. The van der Waals surface area contributed by atoms with Gasteiger partial charge in [-0.15, -0.1) is 0 Å². The number of ether oxygens (including phenoxy) is 1. The summed E-state index contributed by atoms with van der Waals surface area (Å²) in [4.78, 5) is 149. The zero-order valence-corrected chi connectivity index (χ0v) is 56.4. The molecule has 7 atom stereocenters. The number of halogens is 6. The number of aromatic amines is 1. The van der Waals surface area contributed by atoms with E-state index in [0.717, 1.165) is 10.9 Å². The number of H-pyrrole nitrogens is 1. The number of nitrogens with zero attached hydrogens (tertiary/aromatic N) is 9. The largest absolute Gasteiger partial charge is 0.508 e. The number of carbonyl (C=O) groups excluding carboxylic acids is 4. The van der Waals surface area contributed by atoms with Crippen LogP contribution in [0.4, 0.5) is 50.1 Å². The Morgan fingerprint density at radius 3 is 1.51 bits per heavy atom. The summed E-state index contributed by atoms with van der Waals surface area (Å²) in [6.07, 6.45) is -6.33. The number of hydrogen-bond acceptors (Lipinski definition) is 29. The monoisotopic (exact) mass is 1540 g/mol. The average molecular weight is 1540 g/mol. The molecule has 0 bridgehead atoms. The van der Waals surface area contributed by atoms with Crippen molar-refractivity contribution in [3.8, 4) is 0 Å². The molecule has 0 aromatic carbocycles. The van der Waals surface area contributed by atoms with Gasteiger partial charge >= 0.3 is 71.1 Å². The number of alkyl halides is 6. The Morgan fingerprint density at radius 2 is 1.03 bits per heavy atom. The number of hydrogen-bond donors (Lipinski definition) is 13. The standard InChI is InChI=1S/C45H69F6N15O26P6/c46-44(47,48)38(71)56-28-11-19-64(20-12-28)42-60-41(61-43(62-42)65-21-13-29(14-22-65)57-39(72)45(49,50)51)63-17-9-27(10-18-63)36(69)54-16-6-3-4-8-32(68)53-15-5-1-2-7-23-85-93(73,74)88-95(77,78)90-97(81,82)92-98(83,84)91-96(79,80)89-94(75,76)86-25-31-30(67)24-33(87-31)66-26-55-34-35(66)58-40(52)59-37(34)70/h26-29,33,67H,1-25H2,(H,53,68)(H,54,69)(H,56,71)(H,57,72)(H,73,74)(H,75,76)(H,77,78)(H,79,80)(H,81,82)(H,83,84)(H3,52,58,59,70)/t33-/m1/s1. The summed E-state index contributed by atoms with van der Waals surface area (Å²) in [6.45, 7) is 0.0772. The average Bonchev–Trinajstić information content (AvgIpc) is 1.56. The fourth-order valence-electron chi connectivity index (χ4n) is 9.99. The first-order chi connectivity index (χ1) is 45.6. The van der Waals surface area contributed by atoms with E-state index in [1.807, 2.05) is 15.5 Å². The van der Waals surface area contributed by atoms with Crippen LogP contribution in [0.5, 0.6) is 0 Å². The van der Waals surface area contributed by atoms with Gasteiger partial charge < -0.3 is 80.9 Å². The van der Waals surface area contributed by atoms with Gasteiger partial charge in [0.25, 0.3) is 5.56 Å². The molecular formula is C45H69F6N15O26P6. The lowest BCUT2D eigenvalue weighted by Crippen LogP contribution is -2.49. The quantitative estimate of drug-likeness (QED) is 0.0229. The van der Waals surface area contributed by atoms with Gasteiger partial charge in [-0.05, 0) is 64.2 Å². The van der Waals surface area contributed by atoms with Crippen molar-refractivity contribution in [2.24, 2.45) is 5.92 Å². The summed E-state index contributed by atoms with van der Waals surface area (Å²) < 4.78 is 186. The number of phosphoric ester groups is 2. The van der Waals surface area contributed by atoms with Crippen molar-refractivity contribution < 1.29 is 143 Å². The number of piperidine rings is 3. The molecule has 4 aliphatic rings. The van der Waals surface area contributed by atoms with Crippen molar-refractivity contribution in [1.29, 1.82) is 0 Å². The zero-order valence-electron chi connectivity index (χ0n) is 51.0. The van der Waals surface area contributed by atoms with Crippen LogP contribution in [0.3, 0.4) is 0 Å². The number of carbonyl (C=O) groups is 4. The van der Waals surface area contributed by atoms with Gasteiger partial charge in [0.1, 0.15) is 18.7 Å². The SMILES string of the molecule is Nc1nc2c(ncn2[C@H]2CC(O)=C(COP(=O)(O)OP(=O)(O)OP(=O)(O)OP(=O)(O)OP(=O)(O)OP(=O)(O)OCCCCCCNC(=O)CCCCCNC(=O)C3CCN(c4nc(N5CCC(NC(=O)C(F)(F)F)CC5)nc(N5CCC(NC(=O)C(F)(F)F)CC5)n4)CC3)O2)c(=O)[nH]1. The Kier molecular flexibility index (Phi) is 27.1. The number of nitrogen functional groups attached to an aromatic ring is 1. The topological polar surface area (TPSA) is 572 Å². The number of anilines is 4. The molecule has 4 aliphatic heterocycles. The first-order valence-electron chi connectivity index (χ1n) is 29.5. The van der Waals surface area contributed by atoms with Crippen LogP contribution in [0.25, 0.3) is 11.2 Å². The van der Waals surface area contributed by atoms with Crippen molar-refractivity contribution in [2.45, 2.75) is 127 Å². The van der Waals surface area contributed by atoms with E-state index in [-0.39, 0.29) is 130 Å². The van der Waals surface area contributed by atoms with E-state index < -0.39 is 126 Å². The minimum atomic E-state index is -6.56. The van der Waals surface area contributed by atoms with Gasteiger partial charge in [-0.2, -0.15) is 67.8 Å². The molecule has 3 fully saturated rings. The molecule has 14 N–H and O–H groups in total. The molecule has 7 heterocycles. The summed E-state index contributed by atoms with van der Waals surface area (Å²) in [6, 6.07) is -1.52. The lowest BCUT2D eigenvalue weighted by atomic mass is 9.96.